The molecule has 0 unspecified atom stereocenters. The van der Waals surface area contributed by atoms with Crippen molar-refractivity contribution in [2.24, 2.45) is 10.2 Å². The monoisotopic (exact) mass is 802 g/mol. The number of nitrogens with zero attached hydrogens (tertiary/aromatic N) is 4. The van der Waals surface area contributed by atoms with E-state index in [0.717, 1.165) is 30.3 Å². The van der Waals surface area contributed by atoms with Gasteiger partial charge >= 0.3 is 20.8 Å². The van der Waals surface area contributed by atoms with Crippen LogP contribution >= 0.6 is 0 Å². The normalized spacial score (nSPS) is 13.0. The van der Waals surface area contributed by atoms with Gasteiger partial charge in [0.2, 0.25) is 0 Å². The third kappa shape index (κ3) is 11.3. The summed E-state index contributed by atoms with van der Waals surface area (Å²) in [4.78, 5) is 2.57. The molecule has 0 saturated carbocycles. The maximum Gasteiger partial charge on any atom is 0.397 e. The summed E-state index contributed by atoms with van der Waals surface area (Å²) in [7, 11) is -23.8. The number of hydrogen-bond donors (Lipinski definition) is 6. The number of aromatic nitrogens is 1. The van der Waals surface area contributed by atoms with E-state index in [0.29, 0.717) is 0 Å². The summed E-state index contributed by atoms with van der Waals surface area (Å²) in [5.41, 5.74) is -1.08. The van der Waals surface area contributed by atoms with Gasteiger partial charge in [-0.1, -0.05) is 18.2 Å². The zero-order chi connectivity index (χ0) is 37.7. The Morgan fingerprint density at radius 2 is 1.38 bits per heavy atom. The highest BCUT2D eigenvalue weighted by atomic mass is 32.3. The van der Waals surface area contributed by atoms with E-state index in [1.165, 1.54) is 6.92 Å². The first-order valence-corrected chi connectivity index (χ1v) is 20.7. The number of anilines is 2. The maximum absolute atomic E-state index is 12.5. The van der Waals surface area contributed by atoms with Crippen molar-refractivity contribution in [2.75, 3.05) is 48.4 Å². The van der Waals surface area contributed by atoms with E-state index in [4.69, 9.17) is 9.11 Å². The molecule has 2 aromatic carbocycles. The lowest BCUT2D eigenvalue weighted by atomic mass is 10.1. The highest BCUT2D eigenvalue weighted by Crippen LogP contribution is 2.38. The fourth-order valence-electron chi connectivity index (χ4n) is 4.18. The summed E-state index contributed by atoms with van der Waals surface area (Å²) in [5, 5.41) is 22.2. The SMILES string of the molecule is Cc1c(C#N)c(NCCOS(=O)(=O)O)nc(NCCS(=O)(=O)CCOS(=O)(=O)O)c1N=Nc1ccc2c(S(=O)(=O)O)cccc2c1S(=O)(=O)O. The Kier molecular flexibility index (Phi) is 12.6. The first-order valence-electron chi connectivity index (χ1n) is 13.2. The molecule has 0 atom stereocenters. The lowest BCUT2D eigenvalue weighted by molar-refractivity contribution is 0.278. The van der Waals surface area contributed by atoms with Crippen LogP contribution in [-0.4, -0.2) is 103 Å². The van der Waals surface area contributed by atoms with E-state index >= 15 is 0 Å². The van der Waals surface area contributed by atoms with Gasteiger partial charge in [0.25, 0.3) is 20.2 Å². The van der Waals surface area contributed by atoms with Crippen LogP contribution in [-0.2, 0) is 59.2 Å². The number of nitrogens with one attached hydrogen (secondary N) is 2. The van der Waals surface area contributed by atoms with Crippen LogP contribution in [0.1, 0.15) is 11.1 Å². The predicted octanol–water partition coefficient (Wildman–Crippen LogP) is 1.20. The van der Waals surface area contributed by atoms with Gasteiger partial charge in [0.15, 0.2) is 15.7 Å². The minimum atomic E-state index is -5.16. The summed E-state index contributed by atoms with van der Waals surface area (Å²) in [6, 6.07) is 7.04. The Labute approximate surface area is 285 Å². The number of benzene rings is 2. The average Bonchev–Trinajstić information content (AvgIpc) is 2.96. The molecule has 0 bridgehead atoms. The maximum atomic E-state index is 12.5. The van der Waals surface area contributed by atoms with Crippen molar-refractivity contribution in [2.45, 2.75) is 16.7 Å². The Hall–Kier alpha value is -3.95. The molecule has 3 rings (SSSR count). The number of azo groups is 1. The van der Waals surface area contributed by atoms with Crippen molar-refractivity contribution in [3.63, 3.8) is 0 Å². The lowest BCUT2D eigenvalue weighted by Gasteiger charge is -2.16. The van der Waals surface area contributed by atoms with Crippen molar-refractivity contribution >= 4 is 84.7 Å². The van der Waals surface area contributed by atoms with Gasteiger partial charge in [0, 0.05) is 29.4 Å². The molecule has 0 fully saturated rings. The fraction of sp³-hybridized carbons (Fsp3) is 0.304. The van der Waals surface area contributed by atoms with Gasteiger partial charge in [-0.2, -0.15) is 38.9 Å². The van der Waals surface area contributed by atoms with Crippen LogP contribution in [0.25, 0.3) is 10.8 Å². The van der Waals surface area contributed by atoms with E-state index in [1.807, 2.05) is 6.07 Å². The second kappa shape index (κ2) is 15.5. The minimum Gasteiger partial charge on any atom is -0.367 e. The van der Waals surface area contributed by atoms with Crippen molar-refractivity contribution in [1.29, 1.82) is 5.26 Å². The Morgan fingerprint density at radius 3 is 1.96 bits per heavy atom. The number of fused-ring (bicyclic) bond motifs is 1. The molecular formula is C23H26N6O16S5. The number of rotatable bonds is 17. The Bertz CT molecular complexity index is 2430. The molecule has 27 heteroatoms. The average molecular weight is 803 g/mol. The molecule has 6 N–H and O–H groups in total. The summed E-state index contributed by atoms with van der Waals surface area (Å²) in [6.45, 7) is -0.999. The fourth-order valence-corrected chi connectivity index (χ4v) is 7.37. The zero-order valence-electron chi connectivity index (χ0n) is 25.1. The molecule has 0 radical (unpaired) electrons. The van der Waals surface area contributed by atoms with Crippen LogP contribution < -0.4 is 10.6 Å². The predicted molar refractivity (Wildman–Crippen MR) is 172 cm³/mol. The molecule has 22 nitrogen and oxygen atoms in total. The highest BCUT2D eigenvalue weighted by molar-refractivity contribution is 7.91. The van der Waals surface area contributed by atoms with E-state index < -0.39 is 97.6 Å². The van der Waals surface area contributed by atoms with E-state index in [-0.39, 0.29) is 45.8 Å². The van der Waals surface area contributed by atoms with Crippen LogP contribution in [0.3, 0.4) is 0 Å². The van der Waals surface area contributed by atoms with E-state index in [9.17, 15) is 56.5 Å². The lowest BCUT2D eigenvalue weighted by Crippen LogP contribution is -2.22. The van der Waals surface area contributed by atoms with Crippen LogP contribution in [0.15, 0.2) is 50.4 Å². The third-order valence-electron chi connectivity index (χ3n) is 6.23. The smallest absolute Gasteiger partial charge is 0.367 e. The number of pyridine rings is 1. The van der Waals surface area contributed by atoms with Gasteiger partial charge in [-0.3, -0.25) is 18.2 Å². The molecular weight excluding hydrogens is 777 g/mol. The first kappa shape index (κ1) is 40.5. The molecule has 0 spiro atoms. The second-order valence-corrected chi connectivity index (χ2v) is 16.9. The highest BCUT2D eigenvalue weighted by Gasteiger charge is 2.25. The topological polar surface area (TPSA) is 356 Å². The van der Waals surface area contributed by atoms with E-state index in [1.54, 1.807) is 0 Å². The molecule has 274 valence electrons. The molecule has 0 aliphatic heterocycles. The molecule has 0 aliphatic rings. The minimum absolute atomic E-state index is 0.0146. The molecule has 0 aliphatic carbocycles. The molecule has 3 aromatic rings. The van der Waals surface area contributed by atoms with Crippen LogP contribution in [0.2, 0.25) is 0 Å². The van der Waals surface area contributed by atoms with Gasteiger partial charge in [-0.15, -0.1) is 10.2 Å². The first-order chi connectivity index (χ1) is 22.9. The van der Waals surface area contributed by atoms with Crippen LogP contribution in [0.5, 0.6) is 0 Å². The third-order valence-corrected chi connectivity index (χ3v) is 10.6. The van der Waals surface area contributed by atoms with Crippen LogP contribution in [0, 0.1) is 18.3 Å². The molecule has 50 heavy (non-hydrogen) atoms. The van der Waals surface area contributed by atoms with Gasteiger partial charge in [0.05, 0.1) is 30.3 Å². The van der Waals surface area contributed by atoms with Gasteiger partial charge in [-0.05, 0) is 19.1 Å². The van der Waals surface area contributed by atoms with Gasteiger partial charge in [-0.25, -0.2) is 21.8 Å². The van der Waals surface area contributed by atoms with Crippen molar-refractivity contribution < 1.29 is 68.7 Å². The van der Waals surface area contributed by atoms with Gasteiger partial charge in [0.1, 0.15) is 33.1 Å². The second-order valence-electron chi connectivity index (χ2n) is 9.69. The summed E-state index contributed by atoms with van der Waals surface area (Å²) >= 11 is 0. The van der Waals surface area contributed by atoms with Crippen LogP contribution in [0.4, 0.5) is 23.0 Å². The largest absolute Gasteiger partial charge is 0.397 e. The summed E-state index contributed by atoms with van der Waals surface area (Å²) in [5.74, 6) is -2.04. The quantitative estimate of drug-likeness (QED) is 0.0634. The summed E-state index contributed by atoms with van der Waals surface area (Å²) in [6.07, 6.45) is 0. The number of hydrogen-bond acceptors (Lipinski definition) is 18. The number of sulfone groups is 1. The van der Waals surface area contributed by atoms with E-state index in [2.05, 4.69) is 34.2 Å². The van der Waals surface area contributed by atoms with Crippen molar-refractivity contribution in [3.8, 4) is 6.07 Å². The Balaban J connectivity index is 2.12. The van der Waals surface area contributed by atoms with Crippen molar-refractivity contribution in [3.05, 3.63) is 41.5 Å². The molecule has 1 aromatic heterocycles. The summed E-state index contributed by atoms with van der Waals surface area (Å²) < 4.78 is 162. The number of nitriles is 1. The van der Waals surface area contributed by atoms with Crippen molar-refractivity contribution in [1.82, 2.24) is 4.98 Å². The Morgan fingerprint density at radius 1 is 0.760 bits per heavy atom. The van der Waals surface area contributed by atoms with Gasteiger partial charge < -0.3 is 10.6 Å². The zero-order valence-corrected chi connectivity index (χ0v) is 29.2. The molecule has 0 amide bonds. The molecule has 0 saturated heterocycles. The standard InChI is InChI=1S/C23H26N6O16S5/c1-14-17(13-24)22(25-7-9-44-49(38,39)40)27-23(26-8-11-46(30,31)12-10-45-50(41,42)43)20(14)29-28-18-6-5-15-16(21(18)48(35,36)37)3-2-4-19(15)47(32,33)34/h2-6H,7-12H2,1H3,(H2,25,26,27)(H,32,33,34)(H,35,36,37)(H,38,39,40)(H,41,42,43). The molecule has 1 heterocycles.